The monoisotopic (exact) mass is 277 g/mol. The van der Waals surface area contributed by atoms with Crippen molar-refractivity contribution in [3.05, 3.63) is 60.3 Å². The maximum Gasteiger partial charge on any atom is 0.277 e. The van der Waals surface area contributed by atoms with E-state index in [4.69, 9.17) is 0 Å². The normalized spacial score (nSPS) is 16.9. The van der Waals surface area contributed by atoms with Gasteiger partial charge >= 0.3 is 0 Å². The van der Waals surface area contributed by atoms with Crippen molar-refractivity contribution in [2.75, 3.05) is 0 Å². The van der Waals surface area contributed by atoms with Gasteiger partial charge in [-0.25, -0.2) is 0 Å². The summed E-state index contributed by atoms with van der Waals surface area (Å²) < 4.78 is 0. The second-order valence-electron chi connectivity index (χ2n) is 4.34. The Morgan fingerprint density at radius 3 is 2.76 bits per heavy atom. The molecule has 0 spiro atoms. The Bertz CT molecular complexity index is 814. The highest BCUT2D eigenvalue weighted by molar-refractivity contribution is 6.07. The highest BCUT2D eigenvalue weighted by Crippen LogP contribution is 2.16. The average Bonchev–Trinajstić information content (AvgIpc) is 2.51. The number of fused-ring (bicyclic) bond motifs is 1. The van der Waals surface area contributed by atoms with Gasteiger partial charge in [0, 0.05) is 5.56 Å². The number of nitrogens with one attached hydrogen (secondary N) is 1. The molecule has 0 aromatic heterocycles. The molecule has 0 fully saturated rings. The Kier molecular flexibility index (Phi) is 3.34. The molecule has 1 amide bonds. The number of azo groups is 1. The molecule has 1 N–H and O–H groups in total. The van der Waals surface area contributed by atoms with Crippen LogP contribution in [0.25, 0.3) is 10.8 Å². The molecular formula is C15H11N5O. The molecular weight excluding hydrogens is 266 g/mol. The van der Waals surface area contributed by atoms with Gasteiger partial charge in [-0.1, -0.05) is 49.0 Å². The zero-order valence-electron chi connectivity index (χ0n) is 11.0. The van der Waals surface area contributed by atoms with E-state index < -0.39 is 5.91 Å². The van der Waals surface area contributed by atoms with Crippen molar-refractivity contribution in [2.45, 2.75) is 0 Å². The molecule has 0 saturated heterocycles. The lowest BCUT2D eigenvalue weighted by molar-refractivity contribution is -0.116. The molecule has 6 nitrogen and oxygen atoms in total. The van der Waals surface area contributed by atoms with E-state index in [1.165, 1.54) is 0 Å². The van der Waals surface area contributed by atoms with Gasteiger partial charge in [-0.2, -0.15) is 5.10 Å². The van der Waals surface area contributed by atoms with Crippen LogP contribution in [0.5, 0.6) is 0 Å². The Balaban J connectivity index is 1.87. The minimum Gasteiger partial charge on any atom is -0.286 e. The van der Waals surface area contributed by atoms with Crippen LogP contribution in [-0.2, 0) is 4.79 Å². The van der Waals surface area contributed by atoms with E-state index >= 15 is 0 Å². The van der Waals surface area contributed by atoms with Gasteiger partial charge in [-0.05, 0) is 10.8 Å². The summed E-state index contributed by atoms with van der Waals surface area (Å²) >= 11 is 0. The van der Waals surface area contributed by atoms with Crippen LogP contribution in [0.3, 0.4) is 0 Å². The lowest BCUT2D eigenvalue weighted by atomic mass is 10.1. The minimum absolute atomic E-state index is 0.0453. The Morgan fingerprint density at radius 1 is 1.10 bits per heavy atom. The number of amides is 1. The van der Waals surface area contributed by atoms with Gasteiger partial charge in [0.1, 0.15) is 5.70 Å². The molecule has 3 rings (SSSR count). The first-order valence-corrected chi connectivity index (χ1v) is 6.25. The van der Waals surface area contributed by atoms with Crippen molar-refractivity contribution >= 4 is 28.9 Å². The van der Waals surface area contributed by atoms with Crippen molar-refractivity contribution in [3.63, 3.8) is 0 Å². The zero-order valence-corrected chi connectivity index (χ0v) is 11.0. The molecule has 6 heteroatoms. The second-order valence-corrected chi connectivity index (χ2v) is 4.34. The quantitative estimate of drug-likeness (QED) is 0.511. The maximum atomic E-state index is 11.3. The topological polar surface area (TPSA) is 78.5 Å². The van der Waals surface area contributed by atoms with Crippen LogP contribution in [0.2, 0.25) is 0 Å². The van der Waals surface area contributed by atoms with E-state index in [9.17, 15) is 4.79 Å². The number of rotatable bonds is 2. The van der Waals surface area contributed by atoms with Crippen molar-refractivity contribution < 1.29 is 4.79 Å². The standard InChI is InChI=1S/C15H11N5O/c1-10-14(21)17-15(20-18-10)19-16-9-12-7-4-6-11-5-2-3-8-13(11)12/h2-9H,1H2,(H,17,19,21)/b16-9+. The van der Waals surface area contributed by atoms with Gasteiger partial charge in [0.15, 0.2) is 0 Å². The third-order valence-corrected chi connectivity index (χ3v) is 2.93. The zero-order chi connectivity index (χ0) is 14.7. The SMILES string of the molecule is C=C1N=N/C(=N\N=C\c2cccc3ccccc23)NC1=O. The summed E-state index contributed by atoms with van der Waals surface area (Å²) in [6, 6.07) is 13.9. The Morgan fingerprint density at radius 2 is 1.90 bits per heavy atom. The Labute approximate surface area is 120 Å². The largest absolute Gasteiger partial charge is 0.286 e. The first-order chi connectivity index (χ1) is 10.2. The molecule has 21 heavy (non-hydrogen) atoms. The molecule has 0 unspecified atom stereocenters. The van der Waals surface area contributed by atoms with Crippen molar-refractivity contribution in [2.24, 2.45) is 20.4 Å². The summed E-state index contributed by atoms with van der Waals surface area (Å²) in [5.74, 6) is -0.381. The first kappa shape index (κ1) is 12.9. The fourth-order valence-corrected chi connectivity index (χ4v) is 1.91. The number of guanidine groups is 1. The van der Waals surface area contributed by atoms with Crippen LogP contribution >= 0.6 is 0 Å². The predicted molar refractivity (Wildman–Crippen MR) is 81.1 cm³/mol. The van der Waals surface area contributed by atoms with Crippen molar-refractivity contribution in [3.8, 4) is 0 Å². The molecule has 1 aliphatic rings. The van der Waals surface area contributed by atoms with E-state index in [1.54, 1.807) is 6.21 Å². The predicted octanol–water partition coefficient (Wildman–Crippen LogP) is 2.63. The molecule has 1 aliphatic heterocycles. The summed E-state index contributed by atoms with van der Waals surface area (Å²) in [6.45, 7) is 3.43. The van der Waals surface area contributed by atoms with Gasteiger partial charge in [0.05, 0.1) is 6.21 Å². The lowest BCUT2D eigenvalue weighted by Crippen LogP contribution is -2.32. The van der Waals surface area contributed by atoms with Gasteiger partial charge in [-0.3, -0.25) is 10.1 Å². The van der Waals surface area contributed by atoms with Crippen LogP contribution in [0.4, 0.5) is 0 Å². The molecule has 0 saturated carbocycles. The van der Waals surface area contributed by atoms with E-state index in [0.717, 1.165) is 16.3 Å². The number of nitrogens with zero attached hydrogens (tertiary/aromatic N) is 4. The lowest BCUT2D eigenvalue weighted by Gasteiger charge is -2.05. The fraction of sp³-hybridized carbons (Fsp3) is 0. The van der Waals surface area contributed by atoms with E-state index in [-0.39, 0.29) is 11.7 Å². The Hall–Kier alpha value is -3.15. The van der Waals surface area contributed by atoms with Crippen LogP contribution in [0.1, 0.15) is 5.56 Å². The van der Waals surface area contributed by atoms with Gasteiger partial charge in [0.2, 0.25) is 0 Å². The van der Waals surface area contributed by atoms with Crippen LogP contribution in [0.15, 0.2) is 75.2 Å². The van der Waals surface area contributed by atoms with E-state index in [2.05, 4.69) is 32.3 Å². The number of benzene rings is 2. The summed E-state index contributed by atoms with van der Waals surface area (Å²) in [5, 5.41) is 19.7. The first-order valence-electron chi connectivity index (χ1n) is 6.25. The van der Waals surface area contributed by atoms with Gasteiger partial charge < -0.3 is 0 Å². The number of carbonyl (C=O) groups excluding carboxylic acids is 1. The highest BCUT2D eigenvalue weighted by Gasteiger charge is 2.14. The third kappa shape index (κ3) is 2.74. The van der Waals surface area contributed by atoms with Crippen LogP contribution < -0.4 is 5.32 Å². The van der Waals surface area contributed by atoms with Crippen molar-refractivity contribution in [1.29, 1.82) is 0 Å². The molecule has 0 radical (unpaired) electrons. The summed E-state index contributed by atoms with van der Waals surface area (Å²) in [4.78, 5) is 11.3. The van der Waals surface area contributed by atoms with Gasteiger partial charge in [0.25, 0.3) is 11.9 Å². The minimum atomic E-state index is -0.427. The van der Waals surface area contributed by atoms with E-state index in [1.807, 2.05) is 42.5 Å². The van der Waals surface area contributed by atoms with Gasteiger partial charge in [-0.15, -0.1) is 15.3 Å². The number of carbonyl (C=O) groups is 1. The summed E-state index contributed by atoms with van der Waals surface area (Å²) in [5.41, 5.74) is 0.980. The van der Waals surface area contributed by atoms with E-state index in [0.29, 0.717) is 0 Å². The molecule has 102 valence electrons. The molecule has 0 atom stereocenters. The third-order valence-electron chi connectivity index (χ3n) is 2.93. The molecule has 1 heterocycles. The fourth-order valence-electron chi connectivity index (χ4n) is 1.91. The number of hydrogen-bond acceptors (Lipinski definition) is 4. The van der Waals surface area contributed by atoms with Crippen LogP contribution in [-0.4, -0.2) is 18.1 Å². The molecule has 0 bridgehead atoms. The highest BCUT2D eigenvalue weighted by atomic mass is 16.2. The van der Waals surface area contributed by atoms with Crippen molar-refractivity contribution in [1.82, 2.24) is 5.32 Å². The molecule has 0 aliphatic carbocycles. The molecule has 2 aromatic carbocycles. The number of hydrogen-bond donors (Lipinski definition) is 1. The summed E-state index contributed by atoms with van der Waals surface area (Å²) in [6.07, 6.45) is 1.61. The average molecular weight is 277 g/mol. The summed E-state index contributed by atoms with van der Waals surface area (Å²) in [7, 11) is 0. The molecule has 2 aromatic rings. The maximum absolute atomic E-state index is 11.3. The smallest absolute Gasteiger partial charge is 0.277 e. The van der Waals surface area contributed by atoms with Crippen LogP contribution in [0, 0.1) is 0 Å². The second kappa shape index (κ2) is 5.46.